The molecular formula is C36H37N9O9S. The minimum atomic E-state index is -1.49. The van der Waals surface area contributed by atoms with Crippen molar-refractivity contribution in [2.75, 3.05) is 5.32 Å². The van der Waals surface area contributed by atoms with Gasteiger partial charge >= 0.3 is 18.2 Å². The topological polar surface area (TPSA) is 229 Å². The number of anilines is 1. The van der Waals surface area contributed by atoms with Gasteiger partial charge in [0.2, 0.25) is 11.5 Å². The van der Waals surface area contributed by atoms with Crippen molar-refractivity contribution in [1.82, 2.24) is 35.5 Å². The van der Waals surface area contributed by atoms with Crippen LogP contribution in [0, 0.1) is 0 Å². The third kappa shape index (κ3) is 8.40. The number of carbonyl (C=O) groups excluding carboxylic acids is 4. The fourth-order valence-corrected chi connectivity index (χ4v) is 6.54. The molecule has 2 atom stereocenters. The maximum absolute atomic E-state index is 13.9. The number of carboxylic acid groups (broad SMARTS) is 1. The molecule has 4 aromatic rings. The summed E-state index contributed by atoms with van der Waals surface area (Å²) in [6.45, 7) is 5.39. The highest BCUT2D eigenvalue weighted by atomic mass is 32.1. The number of β-lactam (4-membered cyclic amide) rings is 1. The van der Waals surface area contributed by atoms with Gasteiger partial charge < -0.3 is 30.1 Å². The molecule has 0 unspecified atom stereocenters. The fourth-order valence-electron chi connectivity index (χ4n) is 5.85. The predicted molar refractivity (Wildman–Crippen MR) is 194 cm³/mol. The predicted octanol–water partition coefficient (Wildman–Crippen LogP) is 3.34. The first-order valence-electron chi connectivity index (χ1n) is 17.3. The number of amides is 4. The molecule has 19 heteroatoms. The van der Waals surface area contributed by atoms with Gasteiger partial charge in [0, 0.05) is 18.2 Å². The average Bonchev–Trinajstić information content (AvgIpc) is 3.40. The Labute approximate surface area is 317 Å². The largest absolute Gasteiger partial charge is 0.465 e. The van der Waals surface area contributed by atoms with Crippen LogP contribution in [-0.2, 0) is 48.3 Å². The molecule has 4 amide bonds. The molecular weight excluding hydrogens is 735 g/mol. The van der Waals surface area contributed by atoms with Crippen molar-refractivity contribution in [2.45, 2.75) is 82.6 Å². The Morgan fingerprint density at radius 2 is 1.64 bits per heavy atom. The number of carbonyl (C=O) groups is 5. The molecule has 0 spiro atoms. The first kappa shape index (κ1) is 37.0. The number of fused-ring (bicyclic) bond motifs is 1. The summed E-state index contributed by atoms with van der Waals surface area (Å²) in [5.41, 5.74) is -0.120. The number of rotatable bonds is 12. The zero-order chi connectivity index (χ0) is 38.9. The van der Waals surface area contributed by atoms with Gasteiger partial charge in [0.1, 0.15) is 28.7 Å². The van der Waals surface area contributed by atoms with Crippen LogP contribution in [0.25, 0.3) is 0 Å². The van der Waals surface area contributed by atoms with E-state index in [-0.39, 0.29) is 49.0 Å². The summed E-state index contributed by atoms with van der Waals surface area (Å²) < 4.78 is 11.4. The van der Waals surface area contributed by atoms with E-state index in [1.807, 2.05) is 60.7 Å². The third-order valence-corrected chi connectivity index (χ3v) is 9.56. The second-order valence-electron chi connectivity index (χ2n) is 14.2. The first-order chi connectivity index (χ1) is 26.3. The molecule has 3 aliphatic rings. The molecule has 0 radical (unpaired) electrons. The van der Waals surface area contributed by atoms with E-state index in [0.717, 1.165) is 22.5 Å². The molecule has 7 rings (SSSR count). The van der Waals surface area contributed by atoms with Crippen LogP contribution >= 0.6 is 11.3 Å². The van der Waals surface area contributed by atoms with E-state index in [0.29, 0.717) is 11.4 Å². The van der Waals surface area contributed by atoms with Gasteiger partial charge in [0.25, 0.3) is 5.91 Å². The van der Waals surface area contributed by atoms with E-state index in [4.69, 9.17) is 14.3 Å². The summed E-state index contributed by atoms with van der Waals surface area (Å²) in [4.78, 5) is 76.9. The first-order valence-corrected chi connectivity index (χ1v) is 18.2. The molecule has 286 valence electrons. The van der Waals surface area contributed by atoms with Crippen LogP contribution in [0.3, 0.4) is 0 Å². The summed E-state index contributed by atoms with van der Waals surface area (Å²) in [6.07, 6.45) is -2.05. The highest BCUT2D eigenvalue weighted by Crippen LogP contribution is 2.43. The standard InChI is InChI=1S/C36H37N9O9S/c1-35(2,3)53-33(49)40-32-38-25(19-55-32)27(30(47)39-26-24(37-29(26)46)18-45-41-22-16-44(34(50)51)17-23(22)42-45)43-54-36(14-15-36)31(48)52-28(20-10-6-4-7-11-20)21-12-8-5-9-13-21/h4-13,19,24,26,28H,14-18H2,1-3H3,(H,37,46)(H,39,47)(H,50,51)(H,38,40,49)/t24-,26+/m1/s1. The van der Waals surface area contributed by atoms with Crippen molar-refractivity contribution in [3.8, 4) is 0 Å². The molecule has 55 heavy (non-hydrogen) atoms. The lowest BCUT2D eigenvalue weighted by Crippen LogP contribution is -2.70. The van der Waals surface area contributed by atoms with E-state index in [1.165, 1.54) is 15.1 Å². The van der Waals surface area contributed by atoms with Gasteiger partial charge in [-0.1, -0.05) is 65.8 Å². The number of benzene rings is 2. The molecule has 4 heterocycles. The van der Waals surface area contributed by atoms with Crippen LogP contribution in [0.5, 0.6) is 0 Å². The van der Waals surface area contributed by atoms with Gasteiger partial charge in [-0.15, -0.1) is 11.3 Å². The monoisotopic (exact) mass is 771 g/mol. The average molecular weight is 772 g/mol. The Kier molecular flexibility index (Phi) is 9.95. The fraction of sp³-hybridized carbons (Fsp3) is 0.361. The Morgan fingerprint density at radius 3 is 2.18 bits per heavy atom. The van der Waals surface area contributed by atoms with Gasteiger partial charge in [-0.25, -0.2) is 19.4 Å². The Morgan fingerprint density at radius 1 is 1.02 bits per heavy atom. The molecule has 0 bridgehead atoms. The summed E-state index contributed by atoms with van der Waals surface area (Å²) in [7, 11) is 0. The van der Waals surface area contributed by atoms with Crippen LogP contribution in [0.15, 0.2) is 71.2 Å². The molecule has 2 aromatic carbocycles. The molecule has 1 saturated heterocycles. The quantitative estimate of drug-likeness (QED) is 0.0704. The normalized spacial score (nSPS) is 18.4. The second kappa shape index (κ2) is 14.8. The summed E-state index contributed by atoms with van der Waals surface area (Å²) in [5, 5.41) is 31.6. The number of hydrogen-bond donors (Lipinski definition) is 4. The van der Waals surface area contributed by atoms with Crippen molar-refractivity contribution in [3.63, 3.8) is 0 Å². The number of nitrogens with zero attached hydrogens (tertiary/aromatic N) is 6. The van der Waals surface area contributed by atoms with E-state index >= 15 is 0 Å². The Bertz CT molecular complexity index is 2080. The second-order valence-corrected chi connectivity index (χ2v) is 15.0. The van der Waals surface area contributed by atoms with Crippen LogP contribution < -0.4 is 16.0 Å². The smallest absolute Gasteiger partial charge is 0.413 e. The highest BCUT2D eigenvalue weighted by molar-refractivity contribution is 7.14. The molecule has 2 aliphatic heterocycles. The molecule has 1 saturated carbocycles. The van der Waals surface area contributed by atoms with Crippen molar-refractivity contribution in [1.29, 1.82) is 0 Å². The van der Waals surface area contributed by atoms with Crippen molar-refractivity contribution >= 4 is 52.2 Å². The zero-order valence-electron chi connectivity index (χ0n) is 29.9. The molecule has 1 aliphatic carbocycles. The maximum atomic E-state index is 13.9. The van der Waals surface area contributed by atoms with Crippen molar-refractivity contribution in [2.24, 2.45) is 5.16 Å². The number of oxime groups is 1. The lowest BCUT2D eigenvalue weighted by atomic mass is 9.98. The summed E-state index contributed by atoms with van der Waals surface area (Å²) in [6, 6.07) is 16.8. The summed E-state index contributed by atoms with van der Waals surface area (Å²) >= 11 is 0.993. The van der Waals surface area contributed by atoms with Crippen molar-refractivity contribution < 1.29 is 43.4 Å². The van der Waals surface area contributed by atoms with Crippen LogP contribution in [-0.4, -0.2) is 89.0 Å². The Hall–Kier alpha value is -6.37. The van der Waals surface area contributed by atoms with Gasteiger partial charge in [-0.05, 0) is 31.9 Å². The van der Waals surface area contributed by atoms with E-state index in [2.05, 4.69) is 36.3 Å². The summed E-state index contributed by atoms with van der Waals surface area (Å²) in [5.74, 6) is -2.00. The van der Waals surface area contributed by atoms with Crippen LogP contribution in [0.4, 0.5) is 14.7 Å². The number of aromatic nitrogens is 4. The lowest BCUT2D eigenvalue weighted by Gasteiger charge is -2.36. The van der Waals surface area contributed by atoms with E-state index in [9.17, 15) is 29.1 Å². The van der Waals surface area contributed by atoms with Gasteiger partial charge in [0.15, 0.2) is 16.9 Å². The Balaban J connectivity index is 1.09. The molecule has 2 aromatic heterocycles. The van der Waals surface area contributed by atoms with Crippen LogP contribution in [0.1, 0.15) is 67.9 Å². The van der Waals surface area contributed by atoms with Crippen LogP contribution in [0.2, 0.25) is 0 Å². The number of hydrogen-bond acceptors (Lipinski definition) is 13. The number of thiazole rings is 1. The van der Waals surface area contributed by atoms with E-state index in [1.54, 1.807) is 20.8 Å². The number of ether oxygens (including phenoxy) is 2. The molecule has 2 fully saturated rings. The van der Waals surface area contributed by atoms with Gasteiger partial charge in [-0.3, -0.25) is 19.8 Å². The van der Waals surface area contributed by atoms with Gasteiger partial charge in [0.05, 0.1) is 25.7 Å². The minimum Gasteiger partial charge on any atom is -0.465 e. The molecule has 18 nitrogen and oxygen atoms in total. The number of nitrogens with one attached hydrogen (secondary N) is 3. The van der Waals surface area contributed by atoms with Gasteiger partial charge in [-0.2, -0.15) is 15.0 Å². The lowest BCUT2D eigenvalue weighted by molar-refractivity contribution is -0.164. The minimum absolute atomic E-state index is 0.00592. The highest BCUT2D eigenvalue weighted by Gasteiger charge is 2.56. The van der Waals surface area contributed by atoms with E-state index < -0.39 is 59.4 Å². The number of esters is 1. The van der Waals surface area contributed by atoms with Crippen molar-refractivity contribution in [3.05, 3.63) is 94.3 Å². The maximum Gasteiger partial charge on any atom is 0.413 e. The third-order valence-electron chi connectivity index (χ3n) is 8.80. The zero-order valence-corrected chi connectivity index (χ0v) is 30.7. The SMILES string of the molecule is CC(C)(C)OC(=O)Nc1nc(C(=NOC2(C(=O)OC(c3ccccc3)c3ccccc3)CC2)C(=O)N[C@@H]2C(=O)N[C@@H]2Cn2nc3c(n2)CN(C(=O)O)C3)cs1. The molecule has 4 N–H and O–H groups in total.